The Bertz CT molecular complexity index is 965. The lowest BCUT2D eigenvalue weighted by molar-refractivity contribution is -0.385. The van der Waals surface area contributed by atoms with Crippen molar-refractivity contribution in [2.45, 2.75) is 37.5 Å². The molecule has 3 rings (SSSR count). The summed E-state index contributed by atoms with van der Waals surface area (Å²) in [7, 11) is 0. The van der Waals surface area contributed by atoms with Crippen molar-refractivity contribution in [3.63, 3.8) is 0 Å². The molecular formula is C18H17F3N4O4. The Morgan fingerprint density at radius 1 is 1.41 bits per heavy atom. The average molecular weight is 410 g/mol. The molecule has 1 aliphatic heterocycles. The number of nitro groups is 1. The minimum Gasteiger partial charge on any atom is -0.465 e. The summed E-state index contributed by atoms with van der Waals surface area (Å²) < 4.78 is 39.8. The summed E-state index contributed by atoms with van der Waals surface area (Å²) in [6.07, 6.45) is -4.84. The number of benzene rings is 1. The van der Waals surface area contributed by atoms with E-state index in [1.807, 2.05) is 0 Å². The molecule has 0 unspecified atom stereocenters. The number of pyridine rings is 1. The Labute approximate surface area is 162 Å². The third-order valence-corrected chi connectivity index (χ3v) is 5.12. The molecule has 0 saturated heterocycles. The van der Waals surface area contributed by atoms with Gasteiger partial charge in [-0.05, 0) is 42.7 Å². The largest absolute Gasteiger partial charge is 0.465 e. The lowest BCUT2D eigenvalue weighted by atomic mass is 9.78. The van der Waals surface area contributed by atoms with E-state index in [2.05, 4.69) is 4.98 Å². The summed E-state index contributed by atoms with van der Waals surface area (Å²) >= 11 is 0. The van der Waals surface area contributed by atoms with E-state index in [0.29, 0.717) is 0 Å². The molecule has 154 valence electrons. The zero-order valence-corrected chi connectivity index (χ0v) is 15.2. The lowest BCUT2D eigenvalue weighted by Crippen LogP contribution is -2.61. The molecule has 8 nitrogen and oxygen atoms in total. The van der Waals surface area contributed by atoms with Gasteiger partial charge in [-0.1, -0.05) is 6.92 Å². The van der Waals surface area contributed by atoms with Gasteiger partial charge in [0.2, 0.25) is 0 Å². The number of fused-ring (bicyclic) bond motifs is 1. The second kappa shape index (κ2) is 6.99. The molecule has 0 spiro atoms. The molecule has 2 atom stereocenters. The third-order valence-electron chi connectivity index (χ3n) is 5.12. The molecule has 2 heterocycles. The van der Waals surface area contributed by atoms with Crippen molar-refractivity contribution in [2.75, 3.05) is 4.90 Å². The summed E-state index contributed by atoms with van der Waals surface area (Å²) in [6, 6.07) is 5.31. The molecule has 2 aromatic rings. The number of alkyl halides is 3. The van der Waals surface area contributed by atoms with E-state index < -0.39 is 34.3 Å². The molecule has 0 bridgehead atoms. The molecule has 29 heavy (non-hydrogen) atoms. The molecule has 0 radical (unpaired) electrons. The topological polar surface area (TPSA) is 123 Å². The molecule has 1 aromatic carbocycles. The van der Waals surface area contributed by atoms with E-state index in [9.17, 15) is 33.2 Å². The first-order valence-electron chi connectivity index (χ1n) is 8.61. The highest BCUT2D eigenvalue weighted by molar-refractivity contribution is 5.90. The lowest BCUT2D eigenvalue weighted by Gasteiger charge is -2.46. The van der Waals surface area contributed by atoms with Crippen LogP contribution < -0.4 is 10.6 Å². The Morgan fingerprint density at radius 3 is 2.59 bits per heavy atom. The minimum atomic E-state index is -4.63. The van der Waals surface area contributed by atoms with Gasteiger partial charge in [-0.15, -0.1) is 0 Å². The molecule has 0 saturated carbocycles. The molecule has 0 fully saturated rings. The first-order chi connectivity index (χ1) is 13.5. The van der Waals surface area contributed by atoms with Gasteiger partial charge in [0.15, 0.2) is 0 Å². The molecular weight excluding hydrogens is 393 g/mol. The second-order valence-electron chi connectivity index (χ2n) is 6.80. The van der Waals surface area contributed by atoms with Gasteiger partial charge in [0.25, 0.3) is 5.69 Å². The van der Waals surface area contributed by atoms with Crippen LogP contribution in [0.3, 0.4) is 0 Å². The van der Waals surface area contributed by atoms with Crippen LogP contribution in [0, 0.1) is 10.1 Å². The van der Waals surface area contributed by atoms with Crippen LogP contribution in [0.2, 0.25) is 0 Å². The summed E-state index contributed by atoms with van der Waals surface area (Å²) in [6.45, 7) is 1.67. The average Bonchev–Trinajstić information content (AvgIpc) is 2.66. The first-order valence-corrected chi connectivity index (χ1v) is 8.61. The maximum absolute atomic E-state index is 13.3. The summed E-state index contributed by atoms with van der Waals surface area (Å²) in [4.78, 5) is 27.0. The van der Waals surface area contributed by atoms with Crippen molar-refractivity contribution < 1.29 is 28.0 Å². The zero-order chi connectivity index (χ0) is 21.6. The second-order valence-corrected chi connectivity index (χ2v) is 6.80. The molecule has 0 aliphatic carbocycles. The van der Waals surface area contributed by atoms with Crippen LogP contribution in [0.1, 0.15) is 42.5 Å². The number of nitrogens with two attached hydrogens (primary N) is 1. The first kappa shape index (κ1) is 20.5. The number of amides is 1. The number of nitrogens with zero attached hydrogens (tertiary/aromatic N) is 3. The number of anilines is 1. The number of hydrogen-bond acceptors (Lipinski definition) is 5. The number of carboxylic acid groups (broad SMARTS) is 1. The monoisotopic (exact) mass is 410 g/mol. The fraction of sp³-hybridized carbons (Fsp3) is 0.333. The van der Waals surface area contributed by atoms with Gasteiger partial charge in [-0.3, -0.25) is 20.0 Å². The van der Waals surface area contributed by atoms with Crippen molar-refractivity contribution in [1.29, 1.82) is 0 Å². The van der Waals surface area contributed by atoms with Gasteiger partial charge in [0, 0.05) is 17.7 Å². The van der Waals surface area contributed by atoms with Gasteiger partial charge in [0.05, 0.1) is 16.2 Å². The number of halogens is 3. The fourth-order valence-electron chi connectivity index (χ4n) is 3.58. The highest BCUT2D eigenvalue weighted by Crippen LogP contribution is 2.47. The number of carbonyl (C=O) groups is 1. The van der Waals surface area contributed by atoms with E-state index in [0.717, 1.165) is 29.3 Å². The molecule has 3 N–H and O–H groups in total. The van der Waals surface area contributed by atoms with Crippen LogP contribution in [0.25, 0.3) is 0 Å². The normalized spacial score (nSPS) is 21.6. The summed E-state index contributed by atoms with van der Waals surface area (Å²) in [5.41, 5.74) is 4.15. The van der Waals surface area contributed by atoms with E-state index in [-0.39, 0.29) is 35.5 Å². The fourth-order valence-corrected chi connectivity index (χ4v) is 3.58. The predicted octanol–water partition coefficient (Wildman–Crippen LogP) is 4.09. The van der Waals surface area contributed by atoms with Crippen molar-refractivity contribution in [3.05, 3.63) is 63.5 Å². The van der Waals surface area contributed by atoms with E-state index in [1.54, 1.807) is 6.92 Å². The Hall–Kier alpha value is -3.21. The number of rotatable bonds is 3. The smallest absolute Gasteiger partial charge is 0.416 e. The molecule has 1 aliphatic rings. The SMILES string of the molecule is CC[C@]1(N)C[C@H](c2ccc([N+](=O)[O-])cn2)c2cc(C(F)(F)F)ccc2N1C(=O)O. The highest BCUT2D eigenvalue weighted by Gasteiger charge is 2.46. The third kappa shape index (κ3) is 3.60. The van der Waals surface area contributed by atoms with E-state index >= 15 is 0 Å². The van der Waals surface area contributed by atoms with Crippen LogP contribution in [0.15, 0.2) is 36.5 Å². The van der Waals surface area contributed by atoms with Gasteiger partial charge in [-0.2, -0.15) is 13.2 Å². The van der Waals surface area contributed by atoms with Gasteiger partial charge < -0.3 is 10.8 Å². The standard InChI is InChI=1S/C18H17F3N4O4/c1-2-17(22)8-13(14-5-4-11(9-23-14)25(28)29)12-7-10(18(19,20)21)3-6-15(12)24(17)16(26)27/h3-7,9,13H,2,8,22H2,1H3,(H,26,27)/t13-,17+/m0/s1. The quantitative estimate of drug-likeness (QED) is 0.580. The maximum atomic E-state index is 13.3. The van der Waals surface area contributed by atoms with Crippen LogP contribution in [0.5, 0.6) is 0 Å². The van der Waals surface area contributed by atoms with E-state index in [4.69, 9.17) is 5.73 Å². The van der Waals surface area contributed by atoms with Crippen molar-refractivity contribution >= 4 is 17.5 Å². The molecule has 1 aromatic heterocycles. The van der Waals surface area contributed by atoms with E-state index in [1.165, 1.54) is 12.1 Å². The van der Waals surface area contributed by atoms with Gasteiger partial charge in [0.1, 0.15) is 11.9 Å². The van der Waals surface area contributed by atoms with Crippen molar-refractivity contribution in [3.8, 4) is 0 Å². The van der Waals surface area contributed by atoms with Crippen LogP contribution >= 0.6 is 0 Å². The number of hydrogen-bond donors (Lipinski definition) is 2. The van der Waals surface area contributed by atoms with Gasteiger partial charge >= 0.3 is 12.3 Å². The number of aromatic nitrogens is 1. The Balaban J connectivity index is 2.22. The van der Waals surface area contributed by atoms with Gasteiger partial charge in [-0.25, -0.2) is 4.79 Å². The van der Waals surface area contributed by atoms with Crippen molar-refractivity contribution in [1.82, 2.24) is 4.98 Å². The molecule has 1 amide bonds. The van der Waals surface area contributed by atoms with Crippen LogP contribution in [-0.2, 0) is 6.18 Å². The molecule has 11 heteroatoms. The minimum absolute atomic E-state index is 0.0328. The Morgan fingerprint density at radius 2 is 2.10 bits per heavy atom. The summed E-state index contributed by atoms with van der Waals surface area (Å²) in [5, 5.41) is 20.5. The maximum Gasteiger partial charge on any atom is 0.416 e. The van der Waals surface area contributed by atoms with Crippen LogP contribution in [-0.4, -0.2) is 26.8 Å². The summed E-state index contributed by atoms with van der Waals surface area (Å²) in [5.74, 6) is -0.770. The van der Waals surface area contributed by atoms with Crippen molar-refractivity contribution in [2.24, 2.45) is 5.73 Å². The van der Waals surface area contributed by atoms with Crippen LogP contribution in [0.4, 0.5) is 29.3 Å². The Kier molecular flexibility index (Phi) is 4.95. The highest BCUT2D eigenvalue weighted by atomic mass is 19.4. The zero-order valence-electron chi connectivity index (χ0n) is 15.2. The predicted molar refractivity (Wildman–Crippen MR) is 96.5 cm³/mol.